The second-order valence-corrected chi connectivity index (χ2v) is 6.26. The Labute approximate surface area is 176 Å². The summed E-state index contributed by atoms with van der Waals surface area (Å²) in [7, 11) is 2.85. The smallest absolute Gasteiger partial charge is 0.268 e. The van der Waals surface area contributed by atoms with Crippen LogP contribution in [-0.4, -0.2) is 53.7 Å². The minimum absolute atomic E-state index is 0.254. The van der Waals surface area contributed by atoms with E-state index in [1.807, 2.05) is 0 Å². The molecule has 158 valence electrons. The van der Waals surface area contributed by atoms with E-state index in [2.05, 4.69) is 28.4 Å². The van der Waals surface area contributed by atoms with E-state index in [9.17, 15) is 9.59 Å². The second-order valence-electron chi connectivity index (χ2n) is 6.26. The van der Waals surface area contributed by atoms with Crippen LogP contribution >= 0.6 is 0 Å². The van der Waals surface area contributed by atoms with E-state index >= 15 is 0 Å². The number of rotatable bonds is 11. The fraction of sp³-hybridized carbons (Fsp3) is 0.273. The first-order valence-electron chi connectivity index (χ1n) is 9.41. The molecule has 0 fully saturated rings. The minimum Gasteiger partial charge on any atom is -0.477 e. The third-order valence-electron chi connectivity index (χ3n) is 4.20. The maximum absolute atomic E-state index is 13.0. The summed E-state index contributed by atoms with van der Waals surface area (Å²) in [5, 5.41) is 3.80. The predicted molar refractivity (Wildman–Crippen MR) is 114 cm³/mol. The second kappa shape index (κ2) is 11.5. The van der Waals surface area contributed by atoms with Crippen LogP contribution in [-0.2, 0) is 9.63 Å². The molecule has 0 aliphatic rings. The van der Waals surface area contributed by atoms with Gasteiger partial charge in [0.25, 0.3) is 11.8 Å². The molecule has 0 aliphatic carbocycles. The molecule has 0 radical (unpaired) electrons. The number of benzene rings is 1. The van der Waals surface area contributed by atoms with E-state index < -0.39 is 17.9 Å². The highest BCUT2D eigenvalue weighted by Crippen LogP contribution is 2.22. The molecule has 0 saturated heterocycles. The van der Waals surface area contributed by atoms with Gasteiger partial charge in [-0.15, -0.1) is 13.2 Å². The van der Waals surface area contributed by atoms with Crippen LogP contribution in [0.1, 0.15) is 23.2 Å². The Bertz CT molecular complexity index is 900. The summed E-state index contributed by atoms with van der Waals surface area (Å²) in [6, 6.07) is 7.73. The molecule has 2 amide bonds. The zero-order chi connectivity index (χ0) is 21.9. The van der Waals surface area contributed by atoms with Crippen LogP contribution in [0.25, 0.3) is 11.4 Å². The van der Waals surface area contributed by atoms with E-state index in [1.54, 1.807) is 48.7 Å². The molecule has 0 bridgehead atoms. The first-order chi connectivity index (χ1) is 14.5. The number of carbonyl (C=O) groups is 2. The number of aromatic nitrogens is 2. The van der Waals surface area contributed by atoms with Gasteiger partial charge in [-0.3, -0.25) is 14.4 Å². The zero-order valence-electron chi connectivity index (χ0n) is 17.2. The number of likely N-dealkylation sites (N-methyl/N-ethyl adjacent to an activating group) is 1. The number of carbonyl (C=O) groups excluding carboxylic acids is 2. The Morgan fingerprint density at radius 3 is 2.70 bits per heavy atom. The number of ether oxygens (including phenoxy) is 1. The van der Waals surface area contributed by atoms with Gasteiger partial charge in [-0.05, 0) is 18.9 Å². The van der Waals surface area contributed by atoms with E-state index in [0.29, 0.717) is 35.9 Å². The van der Waals surface area contributed by atoms with Crippen molar-refractivity contribution in [3.05, 3.63) is 67.4 Å². The van der Waals surface area contributed by atoms with Gasteiger partial charge in [0.05, 0.1) is 19.3 Å². The maximum atomic E-state index is 13.0. The van der Waals surface area contributed by atoms with Crippen molar-refractivity contribution in [2.45, 2.75) is 18.9 Å². The fourth-order valence-corrected chi connectivity index (χ4v) is 2.61. The summed E-state index contributed by atoms with van der Waals surface area (Å²) in [6.45, 7) is 7.75. The third kappa shape index (κ3) is 5.99. The van der Waals surface area contributed by atoms with Crippen LogP contribution in [0.5, 0.6) is 5.88 Å². The van der Waals surface area contributed by atoms with Gasteiger partial charge in [-0.2, -0.15) is 4.98 Å². The zero-order valence-corrected chi connectivity index (χ0v) is 17.2. The Hall–Kier alpha value is -3.52. The van der Waals surface area contributed by atoms with E-state index in [0.717, 1.165) is 5.06 Å². The van der Waals surface area contributed by atoms with Crippen molar-refractivity contribution in [1.82, 2.24) is 20.3 Å². The molecule has 1 aromatic carbocycles. The topological polar surface area (TPSA) is 93.6 Å². The highest BCUT2D eigenvalue weighted by molar-refractivity contribution is 6.02. The molecule has 2 aromatic rings. The van der Waals surface area contributed by atoms with E-state index in [1.165, 1.54) is 14.2 Å². The summed E-state index contributed by atoms with van der Waals surface area (Å²) in [5.41, 5.74) is 0.858. The quantitative estimate of drug-likeness (QED) is 0.348. The van der Waals surface area contributed by atoms with Gasteiger partial charge in [0.2, 0.25) is 5.88 Å². The lowest BCUT2D eigenvalue weighted by atomic mass is 10.0. The number of amides is 2. The summed E-state index contributed by atoms with van der Waals surface area (Å²) >= 11 is 0. The van der Waals surface area contributed by atoms with E-state index in [4.69, 9.17) is 9.57 Å². The molecule has 30 heavy (non-hydrogen) atoms. The molecule has 2 rings (SSSR count). The average Bonchev–Trinajstić information content (AvgIpc) is 2.78. The molecule has 0 aliphatic heterocycles. The van der Waals surface area contributed by atoms with Crippen molar-refractivity contribution in [2.75, 3.05) is 20.8 Å². The molecule has 1 N–H and O–H groups in total. The van der Waals surface area contributed by atoms with Crippen LogP contribution in [0.15, 0.2) is 61.8 Å². The molecule has 0 unspecified atom stereocenters. The van der Waals surface area contributed by atoms with Gasteiger partial charge < -0.3 is 10.1 Å². The number of hydrogen-bond acceptors (Lipinski definition) is 6. The molecular weight excluding hydrogens is 384 g/mol. The lowest BCUT2D eigenvalue weighted by Crippen LogP contribution is -2.46. The van der Waals surface area contributed by atoms with Crippen LogP contribution in [0.4, 0.5) is 0 Å². The summed E-state index contributed by atoms with van der Waals surface area (Å²) < 4.78 is 5.58. The Morgan fingerprint density at radius 1 is 1.23 bits per heavy atom. The van der Waals surface area contributed by atoms with Gasteiger partial charge in [0, 0.05) is 24.9 Å². The van der Waals surface area contributed by atoms with Crippen molar-refractivity contribution < 1.29 is 19.2 Å². The van der Waals surface area contributed by atoms with Crippen LogP contribution in [0, 0.1) is 0 Å². The van der Waals surface area contributed by atoms with Gasteiger partial charge >= 0.3 is 0 Å². The van der Waals surface area contributed by atoms with E-state index in [-0.39, 0.29) is 6.42 Å². The lowest BCUT2D eigenvalue weighted by Gasteiger charge is -2.22. The van der Waals surface area contributed by atoms with Crippen LogP contribution in [0.3, 0.4) is 0 Å². The Morgan fingerprint density at radius 2 is 2.00 bits per heavy atom. The van der Waals surface area contributed by atoms with Crippen LogP contribution in [0.2, 0.25) is 0 Å². The summed E-state index contributed by atoms with van der Waals surface area (Å²) in [5.74, 6) is -0.0788. The fourth-order valence-electron chi connectivity index (χ4n) is 2.61. The first kappa shape index (κ1) is 22.8. The van der Waals surface area contributed by atoms with Gasteiger partial charge in [-0.1, -0.05) is 30.4 Å². The summed E-state index contributed by atoms with van der Waals surface area (Å²) in [4.78, 5) is 39.0. The molecule has 0 spiro atoms. The maximum Gasteiger partial charge on any atom is 0.268 e. The van der Waals surface area contributed by atoms with Crippen LogP contribution < -0.4 is 10.1 Å². The average molecular weight is 410 g/mol. The highest BCUT2D eigenvalue weighted by Gasteiger charge is 2.25. The largest absolute Gasteiger partial charge is 0.477 e. The molecule has 8 heteroatoms. The molecule has 1 aromatic heterocycles. The van der Waals surface area contributed by atoms with Gasteiger partial charge in [0.15, 0.2) is 5.82 Å². The molecule has 1 heterocycles. The standard InChI is InChI=1S/C22H26N4O4/c1-5-7-15-30-19-13-14-23-20(25-19)16-11-8-9-12-17(16)21(27)24-18(10-6-2)22(28)26(3)29-4/h5-6,8-9,11-14,18H,1-2,7,10,15H2,3-4H3,(H,24,27)/t18-/m0/s1. The predicted octanol–water partition coefficient (Wildman–Crippen LogP) is 2.79. The number of hydrogen-bond donors (Lipinski definition) is 1. The first-order valence-corrected chi connectivity index (χ1v) is 9.41. The normalized spacial score (nSPS) is 11.3. The van der Waals surface area contributed by atoms with Crippen molar-refractivity contribution in [3.63, 3.8) is 0 Å². The molecule has 1 atom stereocenters. The lowest BCUT2D eigenvalue weighted by molar-refractivity contribution is -0.170. The highest BCUT2D eigenvalue weighted by atomic mass is 16.7. The van der Waals surface area contributed by atoms with Crippen molar-refractivity contribution in [3.8, 4) is 17.3 Å². The SMILES string of the molecule is C=CCCOc1ccnc(-c2ccccc2C(=O)N[C@@H](CC=C)C(=O)N(C)OC)n1. The minimum atomic E-state index is -0.817. The molecule has 8 nitrogen and oxygen atoms in total. The molecular formula is C22H26N4O4. The van der Waals surface area contributed by atoms with Crippen molar-refractivity contribution >= 4 is 11.8 Å². The number of nitrogens with one attached hydrogen (secondary N) is 1. The Kier molecular flexibility index (Phi) is 8.71. The number of nitrogens with zero attached hydrogens (tertiary/aromatic N) is 3. The number of hydroxylamine groups is 2. The monoisotopic (exact) mass is 410 g/mol. The van der Waals surface area contributed by atoms with Gasteiger partial charge in [0.1, 0.15) is 6.04 Å². The Balaban J connectivity index is 2.28. The van der Waals surface area contributed by atoms with Crippen molar-refractivity contribution in [1.29, 1.82) is 0 Å². The molecule has 0 saturated carbocycles. The van der Waals surface area contributed by atoms with Crippen molar-refractivity contribution in [2.24, 2.45) is 0 Å². The van der Waals surface area contributed by atoms with Gasteiger partial charge in [-0.25, -0.2) is 10.0 Å². The third-order valence-corrected chi connectivity index (χ3v) is 4.20. The summed E-state index contributed by atoms with van der Waals surface area (Å²) in [6.07, 6.45) is 5.82.